The number of nitrogens with zero attached hydrogens (tertiary/aromatic N) is 2. The minimum atomic E-state index is -0.871. The molecule has 0 radical (unpaired) electrons. The van der Waals surface area contributed by atoms with Crippen LogP contribution in [0.1, 0.15) is 0 Å². The van der Waals surface area contributed by atoms with Crippen LogP contribution in [0.15, 0.2) is 12.2 Å². The van der Waals surface area contributed by atoms with Gasteiger partial charge in [-0.25, -0.2) is 9.59 Å². The molecule has 1 fully saturated rings. The Morgan fingerprint density at radius 3 is 2.44 bits per heavy atom. The van der Waals surface area contributed by atoms with Gasteiger partial charge in [0.15, 0.2) is 0 Å². The molecule has 0 atom stereocenters. The van der Waals surface area contributed by atoms with Crippen molar-refractivity contribution < 1.29 is 19.4 Å². The van der Waals surface area contributed by atoms with Crippen LogP contribution in [0, 0.1) is 0 Å². The van der Waals surface area contributed by atoms with Crippen molar-refractivity contribution in [2.24, 2.45) is 0 Å². The molecule has 90 valence electrons. The van der Waals surface area contributed by atoms with E-state index in [-0.39, 0.29) is 5.97 Å². The average Bonchev–Trinajstić information content (AvgIpc) is 2.29. The van der Waals surface area contributed by atoms with Crippen molar-refractivity contribution in [3.63, 3.8) is 0 Å². The molecule has 0 aromatic rings. The Bertz CT molecular complexity index is 283. The van der Waals surface area contributed by atoms with Crippen molar-refractivity contribution in [3.05, 3.63) is 12.2 Å². The predicted molar refractivity (Wildman–Crippen MR) is 57.2 cm³/mol. The summed E-state index contributed by atoms with van der Waals surface area (Å²) in [7, 11) is 1.33. The van der Waals surface area contributed by atoms with E-state index in [0.717, 1.165) is 0 Å². The van der Waals surface area contributed by atoms with Gasteiger partial charge >= 0.3 is 12.1 Å². The zero-order valence-electron chi connectivity index (χ0n) is 9.26. The predicted octanol–water partition coefficient (Wildman–Crippen LogP) is 0.0112. The summed E-state index contributed by atoms with van der Waals surface area (Å²) in [4.78, 5) is 24.9. The van der Waals surface area contributed by atoms with Gasteiger partial charge in [-0.3, -0.25) is 4.90 Å². The van der Waals surface area contributed by atoms with E-state index in [2.05, 4.69) is 9.64 Å². The molecule has 1 amide bonds. The zero-order valence-corrected chi connectivity index (χ0v) is 9.26. The minimum absolute atomic E-state index is 0.371. The van der Waals surface area contributed by atoms with Gasteiger partial charge in [0.1, 0.15) is 0 Å². The monoisotopic (exact) mass is 228 g/mol. The van der Waals surface area contributed by atoms with Gasteiger partial charge in [-0.05, 0) is 0 Å². The highest BCUT2D eigenvalue weighted by Gasteiger charge is 2.19. The summed E-state index contributed by atoms with van der Waals surface area (Å²) in [6, 6.07) is 0. The highest BCUT2D eigenvalue weighted by Crippen LogP contribution is 2.01. The van der Waals surface area contributed by atoms with E-state index in [0.29, 0.717) is 32.7 Å². The SMILES string of the molecule is COC(=O)/C=C/CN1CCN(C(=O)O)CC1. The lowest BCUT2D eigenvalue weighted by Crippen LogP contribution is -2.48. The average molecular weight is 228 g/mol. The molecule has 0 aromatic carbocycles. The number of esters is 1. The summed E-state index contributed by atoms with van der Waals surface area (Å²) < 4.78 is 4.46. The third-order valence-electron chi connectivity index (χ3n) is 2.46. The van der Waals surface area contributed by atoms with Crippen molar-refractivity contribution in [1.29, 1.82) is 0 Å². The normalized spacial score (nSPS) is 17.7. The fraction of sp³-hybridized carbons (Fsp3) is 0.600. The molecule has 1 aliphatic heterocycles. The van der Waals surface area contributed by atoms with Crippen LogP contribution in [-0.2, 0) is 9.53 Å². The summed E-state index contributed by atoms with van der Waals surface area (Å²) in [5, 5.41) is 8.74. The van der Waals surface area contributed by atoms with Crippen molar-refractivity contribution in [3.8, 4) is 0 Å². The second-order valence-corrected chi connectivity index (χ2v) is 3.50. The Kier molecular flexibility index (Phi) is 4.78. The summed E-state index contributed by atoms with van der Waals surface area (Å²) in [6.07, 6.45) is 2.23. The van der Waals surface area contributed by atoms with Crippen molar-refractivity contribution >= 4 is 12.1 Å². The topological polar surface area (TPSA) is 70.1 Å². The molecule has 1 rings (SSSR count). The third-order valence-corrected chi connectivity index (χ3v) is 2.46. The summed E-state index contributed by atoms with van der Waals surface area (Å²) in [5.41, 5.74) is 0. The number of methoxy groups -OCH3 is 1. The first-order chi connectivity index (χ1) is 7.63. The molecular formula is C10H16N2O4. The van der Waals surface area contributed by atoms with Crippen LogP contribution in [0.4, 0.5) is 4.79 Å². The Morgan fingerprint density at radius 2 is 1.94 bits per heavy atom. The van der Waals surface area contributed by atoms with Gasteiger partial charge in [-0.2, -0.15) is 0 Å². The number of hydrogen-bond acceptors (Lipinski definition) is 4. The van der Waals surface area contributed by atoms with E-state index in [1.807, 2.05) is 0 Å². The van der Waals surface area contributed by atoms with Crippen LogP contribution in [0.3, 0.4) is 0 Å². The lowest BCUT2D eigenvalue weighted by Gasteiger charge is -2.32. The molecule has 1 aliphatic rings. The molecule has 0 bridgehead atoms. The second-order valence-electron chi connectivity index (χ2n) is 3.50. The van der Waals surface area contributed by atoms with Crippen LogP contribution in [-0.4, -0.2) is 66.8 Å². The number of amides is 1. The van der Waals surface area contributed by atoms with Gasteiger partial charge in [0.25, 0.3) is 0 Å². The molecule has 0 aliphatic carbocycles. The molecule has 1 heterocycles. The molecule has 0 unspecified atom stereocenters. The fourth-order valence-corrected chi connectivity index (χ4v) is 1.49. The van der Waals surface area contributed by atoms with Crippen molar-refractivity contribution in [2.75, 3.05) is 39.8 Å². The number of piperazine rings is 1. The molecule has 1 saturated heterocycles. The minimum Gasteiger partial charge on any atom is -0.466 e. The highest BCUT2D eigenvalue weighted by atomic mass is 16.5. The molecule has 0 aromatic heterocycles. The van der Waals surface area contributed by atoms with E-state index in [4.69, 9.17) is 5.11 Å². The Morgan fingerprint density at radius 1 is 1.31 bits per heavy atom. The van der Waals surface area contributed by atoms with E-state index >= 15 is 0 Å². The first kappa shape index (κ1) is 12.5. The maximum atomic E-state index is 10.8. The van der Waals surface area contributed by atoms with Crippen LogP contribution >= 0.6 is 0 Å². The van der Waals surface area contributed by atoms with E-state index < -0.39 is 6.09 Å². The molecule has 16 heavy (non-hydrogen) atoms. The van der Waals surface area contributed by atoms with Crippen molar-refractivity contribution in [1.82, 2.24) is 9.80 Å². The molecular weight excluding hydrogens is 212 g/mol. The summed E-state index contributed by atoms with van der Waals surface area (Å²) in [5.74, 6) is -0.371. The Labute approximate surface area is 94.1 Å². The van der Waals surface area contributed by atoms with Gasteiger partial charge in [-0.1, -0.05) is 6.08 Å². The lowest BCUT2D eigenvalue weighted by molar-refractivity contribution is -0.134. The number of carboxylic acid groups (broad SMARTS) is 1. The molecule has 1 N–H and O–H groups in total. The summed E-state index contributed by atoms with van der Waals surface area (Å²) >= 11 is 0. The lowest BCUT2D eigenvalue weighted by atomic mass is 10.3. The number of ether oxygens (including phenoxy) is 1. The zero-order chi connectivity index (χ0) is 12.0. The maximum Gasteiger partial charge on any atom is 0.407 e. The molecule has 0 spiro atoms. The fourth-order valence-electron chi connectivity index (χ4n) is 1.49. The molecule has 6 nitrogen and oxygen atoms in total. The quantitative estimate of drug-likeness (QED) is 0.544. The van der Waals surface area contributed by atoms with Crippen LogP contribution in [0.25, 0.3) is 0 Å². The smallest absolute Gasteiger partial charge is 0.407 e. The van der Waals surface area contributed by atoms with Crippen LogP contribution in [0.5, 0.6) is 0 Å². The van der Waals surface area contributed by atoms with Crippen LogP contribution < -0.4 is 0 Å². The first-order valence-corrected chi connectivity index (χ1v) is 5.08. The molecule has 6 heteroatoms. The number of hydrogen-bond donors (Lipinski definition) is 1. The van der Waals surface area contributed by atoms with Gasteiger partial charge in [0.2, 0.25) is 0 Å². The first-order valence-electron chi connectivity index (χ1n) is 5.08. The number of carbonyl (C=O) groups excluding carboxylic acids is 1. The molecule has 0 saturated carbocycles. The van der Waals surface area contributed by atoms with Gasteiger partial charge in [0.05, 0.1) is 7.11 Å². The van der Waals surface area contributed by atoms with Gasteiger partial charge in [-0.15, -0.1) is 0 Å². The maximum absolute atomic E-state index is 10.8. The Balaban J connectivity index is 2.24. The van der Waals surface area contributed by atoms with E-state index in [1.54, 1.807) is 6.08 Å². The third kappa shape index (κ3) is 3.90. The number of carbonyl (C=O) groups is 2. The highest BCUT2D eigenvalue weighted by molar-refractivity contribution is 5.81. The van der Waals surface area contributed by atoms with Crippen LogP contribution in [0.2, 0.25) is 0 Å². The van der Waals surface area contributed by atoms with Gasteiger partial charge < -0.3 is 14.7 Å². The van der Waals surface area contributed by atoms with Crippen molar-refractivity contribution in [2.45, 2.75) is 0 Å². The largest absolute Gasteiger partial charge is 0.466 e. The standard InChI is InChI=1S/C10H16N2O4/c1-16-9(13)3-2-4-11-5-7-12(8-6-11)10(14)15/h2-3H,4-8H2,1H3,(H,14,15)/b3-2+. The van der Waals surface area contributed by atoms with E-state index in [1.165, 1.54) is 18.1 Å². The van der Waals surface area contributed by atoms with Gasteiger partial charge in [0, 0.05) is 38.8 Å². The Hall–Kier alpha value is -1.56. The second kappa shape index (κ2) is 6.12. The van der Waals surface area contributed by atoms with E-state index in [9.17, 15) is 9.59 Å². The number of rotatable bonds is 3. The summed E-state index contributed by atoms with van der Waals surface area (Å²) in [6.45, 7) is 3.06.